The van der Waals surface area contributed by atoms with Gasteiger partial charge in [-0.25, -0.2) is 4.98 Å². The van der Waals surface area contributed by atoms with Crippen molar-refractivity contribution in [2.75, 3.05) is 4.90 Å². The van der Waals surface area contributed by atoms with Crippen molar-refractivity contribution in [3.63, 3.8) is 0 Å². The number of anilines is 3. The number of fused-ring (bicyclic) bond motifs is 9. The third-order valence-corrected chi connectivity index (χ3v) is 13.1. The minimum absolute atomic E-state index is 0.597. The van der Waals surface area contributed by atoms with Crippen LogP contribution in [0.1, 0.15) is 0 Å². The van der Waals surface area contributed by atoms with Crippen molar-refractivity contribution in [3.8, 4) is 33.9 Å². The molecule has 8 aromatic carbocycles. The molecule has 0 saturated heterocycles. The second kappa shape index (κ2) is 11.0. The van der Waals surface area contributed by atoms with Crippen molar-refractivity contribution in [2.45, 2.75) is 0 Å². The van der Waals surface area contributed by atoms with Gasteiger partial charge in [-0.15, -0.1) is 22.7 Å². The summed E-state index contributed by atoms with van der Waals surface area (Å²) in [5.41, 5.74) is 6.50. The first-order chi connectivity index (χ1) is 26.3. The van der Waals surface area contributed by atoms with E-state index in [0.717, 1.165) is 28.1 Å². The van der Waals surface area contributed by atoms with Crippen LogP contribution in [0.2, 0.25) is 0 Å². The summed E-state index contributed by atoms with van der Waals surface area (Å²) in [6.07, 6.45) is 0. The van der Waals surface area contributed by atoms with Crippen LogP contribution in [-0.2, 0) is 0 Å². The predicted molar refractivity (Wildman–Crippen MR) is 225 cm³/mol. The lowest BCUT2D eigenvalue weighted by molar-refractivity contribution is 1.03. The van der Waals surface area contributed by atoms with E-state index in [1.54, 1.807) is 22.7 Å². The molecule has 0 N–H and O–H groups in total. The largest absolute Gasteiger partial charge is 0.278 e. The van der Waals surface area contributed by atoms with E-state index >= 15 is 0 Å². The van der Waals surface area contributed by atoms with Gasteiger partial charge < -0.3 is 0 Å². The number of aromatic nitrogens is 3. The zero-order chi connectivity index (χ0) is 34.6. The zero-order valence-electron chi connectivity index (χ0n) is 28.1. The molecule has 3 aromatic heterocycles. The van der Waals surface area contributed by atoms with Gasteiger partial charge in [-0.1, -0.05) is 115 Å². The maximum absolute atomic E-state index is 5.45. The molecule has 246 valence electrons. The summed E-state index contributed by atoms with van der Waals surface area (Å²) in [4.78, 5) is 18.5. The van der Waals surface area contributed by atoms with Crippen molar-refractivity contribution in [2.24, 2.45) is 0 Å². The summed E-state index contributed by atoms with van der Waals surface area (Å²) in [7, 11) is 0. The Morgan fingerprint density at radius 1 is 0.377 bits per heavy atom. The summed E-state index contributed by atoms with van der Waals surface area (Å²) in [6, 6.07) is 56.6. The first-order valence-electron chi connectivity index (χ1n) is 17.7. The van der Waals surface area contributed by atoms with Gasteiger partial charge >= 0.3 is 0 Å². The number of thiophene rings is 2. The van der Waals surface area contributed by atoms with Gasteiger partial charge in [-0.05, 0) is 64.2 Å². The van der Waals surface area contributed by atoms with Gasteiger partial charge in [0.2, 0.25) is 5.95 Å². The molecule has 0 amide bonds. The summed E-state index contributed by atoms with van der Waals surface area (Å²) in [6.45, 7) is 0. The van der Waals surface area contributed by atoms with Crippen molar-refractivity contribution in [3.05, 3.63) is 158 Å². The van der Waals surface area contributed by atoms with Gasteiger partial charge in [0.05, 0.1) is 11.4 Å². The monoisotopic (exact) mass is 710 g/mol. The molecule has 11 aromatic rings. The maximum Gasteiger partial charge on any atom is 0.238 e. The van der Waals surface area contributed by atoms with Crippen LogP contribution in [0.4, 0.5) is 17.3 Å². The quantitative estimate of drug-likeness (QED) is 0.183. The molecule has 4 heterocycles. The second-order valence-corrected chi connectivity index (χ2v) is 15.7. The van der Waals surface area contributed by atoms with Crippen molar-refractivity contribution >= 4 is 102 Å². The summed E-state index contributed by atoms with van der Waals surface area (Å²) >= 11 is 3.59. The average Bonchev–Trinajstić information content (AvgIpc) is 3.79. The van der Waals surface area contributed by atoms with E-state index in [0.29, 0.717) is 17.6 Å². The molecule has 6 heteroatoms. The van der Waals surface area contributed by atoms with Crippen LogP contribution in [0.15, 0.2) is 158 Å². The van der Waals surface area contributed by atoms with Crippen LogP contribution in [0.3, 0.4) is 0 Å². The van der Waals surface area contributed by atoms with Gasteiger partial charge in [0, 0.05) is 62.4 Å². The molecule has 0 spiro atoms. The Morgan fingerprint density at radius 2 is 0.887 bits per heavy atom. The van der Waals surface area contributed by atoms with E-state index in [1.165, 1.54) is 67.5 Å². The van der Waals surface area contributed by atoms with E-state index < -0.39 is 0 Å². The van der Waals surface area contributed by atoms with Crippen molar-refractivity contribution in [1.29, 1.82) is 0 Å². The highest BCUT2D eigenvalue weighted by Crippen LogP contribution is 2.52. The Bertz CT molecular complexity index is 3180. The Hall–Kier alpha value is -6.47. The van der Waals surface area contributed by atoms with Gasteiger partial charge in [-0.3, -0.25) is 4.90 Å². The molecule has 0 saturated carbocycles. The lowest BCUT2D eigenvalue weighted by Crippen LogP contribution is -2.19. The molecule has 0 atom stereocenters. The van der Waals surface area contributed by atoms with Gasteiger partial charge in [0.15, 0.2) is 11.6 Å². The topological polar surface area (TPSA) is 41.9 Å². The van der Waals surface area contributed by atoms with E-state index in [9.17, 15) is 0 Å². The molecule has 53 heavy (non-hydrogen) atoms. The molecule has 0 fully saturated rings. The smallest absolute Gasteiger partial charge is 0.238 e. The number of nitrogens with zero attached hydrogens (tertiary/aromatic N) is 4. The highest BCUT2D eigenvalue weighted by atomic mass is 32.1. The zero-order valence-corrected chi connectivity index (χ0v) is 29.7. The molecule has 0 unspecified atom stereocenters. The van der Waals surface area contributed by atoms with Crippen LogP contribution in [0, 0.1) is 0 Å². The van der Waals surface area contributed by atoms with Crippen LogP contribution >= 0.6 is 22.7 Å². The van der Waals surface area contributed by atoms with Crippen LogP contribution in [0.5, 0.6) is 0 Å². The van der Waals surface area contributed by atoms with Crippen molar-refractivity contribution < 1.29 is 0 Å². The number of hydrogen-bond donors (Lipinski definition) is 0. The first-order valence-corrected chi connectivity index (χ1v) is 19.3. The number of rotatable bonds is 3. The fourth-order valence-electron chi connectivity index (χ4n) is 8.26. The Balaban J connectivity index is 1.19. The maximum atomic E-state index is 5.45. The summed E-state index contributed by atoms with van der Waals surface area (Å²) in [5.74, 6) is 1.92. The highest BCUT2D eigenvalue weighted by Gasteiger charge is 2.30. The molecule has 0 radical (unpaired) electrons. The third kappa shape index (κ3) is 4.25. The fraction of sp³-hybridized carbons (Fsp3) is 0. The molecule has 1 aliphatic heterocycles. The SMILES string of the molecule is c1ccc2cc3c(cc2c1)-c1cccc2cccc(c12)N3c1nc(-c2cccc3c2sc2ccccc23)nc(-c2cccc3c2sc2ccccc23)n1. The highest BCUT2D eigenvalue weighted by molar-refractivity contribution is 7.26. The number of benzene rings is 8. The normalized spacial score (nSPS) is 12.5. The Morgan fingerprint density at radius 3 is 1.55 bits per heavy atom. The standard InChI is InChI=1S/C47H26N4S2/c1-2-12-29-26-39-37(25-28(29)11-1)32-17-7-13-27-14-8-22-38(42(27)32)51(39)47-49-45(35-20-9-18-33-30-15-3-5-23-40(30)52-43(33)35)48-46(50-47)36-21-10-19-34-31-16-4-6-24-41(31)53-44(34)36/h1-26H. The van der Waals surface area contributed by atoms with E-state index in [-0.39, 0.29) is 0 Å². The summed E-state index contributed by atoms with van der Waals surface area (Å²) < 4.78 is 4.85. The third-order valence-electron chi connectivity index (χ3n) is 10.6. The van der Waals surface area contributed by atoms with Gasteiger partial charge in [-0.2, -0.15) is 9.97 Å². The molecule has 0 aliphatic carbocycles. The lowest BCUT2D eigenvalue weighted by Gasteiger charge is -2.32. The average molecular weight is 711 g/mol. The molecule has 0 bridgehead atoms. The summed E-state index contributed by atoms with van der Waals surface area (Å²) in [5, 5.41) is 9.68. The van der Waals surface area contributed by atoms with Crippen molar-refractivity contribution in [1.82, 2.24) is 15.0 Å². The second-order valence-electron chi connectivity index (χ2n) is 13.6. The molecular weight excluding hydrogens is 685 g/mol. The minimum atomic E-state index is 0.597. The fourth-order valence-corrected chi connectivity index (χ4v) is 10.7. The molecular formula is C47H26N4S2. The molecule has 12 rings (SSSR count). The van der Waals surface area contributed by atoms with Gasteiger partial charge in [0.1, 0.15) is 0 Å². The first kappa shape index (κ1) is 29.1. The van der Waals surface area contributed by atoms with Crippen LogP contribution < -0.4 is 4.90 Å². The van der Waals surface area contributed by atoms with E-state index in [1.807, 2.05) is 0 Å². The Kier molecular flexibility index (Phi) is 6.06. The molecule has 4 nitrogen and oxygen atoms in total. The van der Waals surface area contributed by atoms with E-state index in [2.05, 4.69) is 163 Å². The predicted octanol–water partition coefficient (Wildman–Crippen LogP) is 13.7. The Labute approximate surface area is 311 Å². The van der Waals surface area contributed by atoms with Crippen LogP contribution in [0.25, 0.3) is 95.8 Å². The lowest BCUT2D eigenvalue weighted by atomic mass is 9.90. The number of hydrogen-bond acceptors (Lipinski definition) is 6. The minimum Gasteiger partial charge on any atom is -0.278 e. The van der Waals surface area contributed by atoms with Gasteiger partial charge in [0.25, 0.3) is 0 Å². The molecule has 1 aliphatic rings. The van der Waals surface area contributed by atoms with E-state index in [4.69, 9.17) is 15.0 Å². The van der Waals surface area contributed by atoms with Crippen LogP contribution in [-0.4, -0.2) is 15.0 Å².